The van der Waals surface area contributed by atoms with E-state index in [-0.39, 0.29) is 16.9 Å². The van der Waals surface area contributed by atoms with Gasteiger partial charge in [-0.25, -0.2) is 14.8 Å². The number of imidazole rings is 1. The van der Waals surface area contributed by atoms with Gasteiger partial charge in [0.2, 0.25) is 5.82 Å². The molecule has 0 aliphatic rings. The number of carboxylic acids is 1. The van der Waals surface area contributed by atoms with Gasteiger partial charge >= 0.3 is 12.1 Å². The maximum absolute atomic E-state index is 12.8. The van der Waals surface area contributed by atoms with Gasteiger partial charge in [0, 0.05) is 11.9 Å². The summed E-state index contributed by atoms with van der Waals surface area (Å²) in [6.07, 6.45) is -4.61. The first-order chi connectivity index (χ1) is 9.25. The number of carbonyl (C=O) groups is 1. The number of halogens is 3. The first kappa shape index (κ1) is 14.6. The van der Waals surface area contributed by atoms with Crippen LogP contribution in [-0.4, -0.2) is 31.4 Å². The summed E-state index contributed by atoms with van der Waals surface area (Å²) < 4.78 is 39.2. The number of pyridine rings is 1. The number of rotatable bonds is 3. The van der Waals surface area contributed by atoms with Gasteiger partial charge in [0.15, 0.2) is 11.3 Å². The molecule has 2 aromatic rings. The molecule has 1 N–H and O–H groups in total. The standard InChI is InChI=1S/C11H10F3N3O2S/c1-3-20-6-4-5-8(15-7(6)9(18)19)16-10(17(5)2)11(12,13)14/h4H,3H2,1-2H3,(H,18,19). The minimum absolute atomic E-state index is 0.151. The van der Waals surface area contributed by atoms with Crippen LogP contribution in [0.5, 0.6) is 0 Å². The zero-order valence-electron chi connectivity index (χ0n) is 10.5. The van der Waals surface area contributed by atoms with Crippen molar-refractivity contribution >= 4 is 28.9 Å². The van der Waals surface area contributed by atoms with Crippen LogP contribution in [0.2, 0.25) is 0 Å². The van der Waals surface area contributed by atoms with E-state index in [0.717, 1.165) is 4.57 Å². The SMILES string of the molecule is CCSc1cc2c(nc1C(=O)O)nc(C(F)(F)F)n2C. The predicted molar refractivity (Wildman–Crippen MR) is 66.9 cm³/mol. The van der Waals surface area contributed by atoms with E-state index in [4.69, 9.17) is 5.11 Å². The molecule has 0 unspecified atom stereocenters. The molecule has 2 aromatic heterocycles. The Bertz CT molecular complexity index is 682. The number of hydrogen-bond donors (Lipinski definition) is 1. The van der Waals surface area contributed by atoms with Gasteiger partial charge in [0.25, 0.3) is 0 Å². The highest BCUT2D eigenvalue weighted by Gasteiger charge is 2.37. The lowest BCUT2D eigenvalue weighted by Gasteiger charge is -2.06. The van der Waals surface area contributed by atoms with Crippen LogP contribution >= 0.6 is 11.8 Å². The molecule has 0 saturated heterocycles. The van der Waals surface area contributed by atoms with E-state index in [2.05, 4.69) is 9.97 Å². The molecule has 0 bridgehead atoms. The zero-order valence-corrected chi connectivity index (χ0v) is 11.3. The summed E-state index contributed by atoms with van der Waals surface area (Å²) in [7, 11) is 1.22. The molecule has 0 atom stereocenters. The molecule has 0 aliphatic heterocycles. The number of carboxylic acid groups (broad SMARTS) is 1. The van der Waals surface area contributed by atoms with Crippen LogP contribution in [0.3, 0.4) is 0 Å². The fraction of sp³-hybridized carbons (Fsp3) is 0.364. The van der Waals surface area contributed by atoms with Crippen molar-refractivity contribution in [2.24, 2.45) is 7.05 Å². The quantitative estimate of drug-likeness (QED) is 0.883. The summed E-state index contributed by atoms with van der Waals surface area (Å²) in [6.45, 7) is 1.81. The highest BCUT2D eigenvalue weighted by atomic mass is 32.2. The molecule has 0 spiro atoms. The number of nitrogens with zero attached hydrogens (tertiary/aromatic N) is 3. The second kappa shape index (κ2) is 4.97. The normalized spacial score (nSPS) is 12.1. The summed E-state index contributed by atoms with van der Waals surface area (Å²) in [5, 5.41) is 9.06. The van der Waals surface area contributed by atoms with E-state index in [1.165, 1.54) is 24.9 Å². The summed E-state index contributed by atoms with van der Waals surface area (Å²) in [5.74, 6) is -1.81. The number of thioether (sulfide) groups is 1. The monoisotopic (exact) mass is 305 g/mol. The smallest absolute Gasteiger partial charge is 0.449 e. The third kappa shape index (κ3) is 2.45. The number of hydrogen-bond acceptors (Lipinski definition) is 4. The van der Waals surface area contributed by atoms with Crippen molar-refractivity contribution in [2.45, 2.75) is 18.0 Å². The van der Waals surface area contributed by atoms with Gasteiger partial charge in [-0.2, -0.15) is 13.2 Å². The lowest BCUT2D eigenvalue weighted by atomic mass is 10.3. The van der Waals surface area contributed by atoms with Gasteiger partial charge in [-0.1, -0.05) is 6.92 Å². The molecular formula is C11H10F3N3O2S. The van der Waals surface area contributed by atoms with Gasteiger partial charge in [-0.05, 0) is 11.8 Å². The largest absolute Gasteiger partial charge is 0.476 e. The topological polar surface area (TPSA) is 68.0 Å². The van der Waals surface area contributed by atoms with Crippen LogP contribution in [-0.2, 0) is 13.2 Å². The highest BCUT2D eigenvalue weighted by Crippen LogP contribution is 2.32. The van der Waals surface area contributed by atoms with Crippen LogP contribution in [0.4, 0.5) is 13.2 Å². The van der Waals surface area contributed by atoms with Crippen LogP contribution in [0, 0.1) is 0 Å². The van der Waals surface area contributed by atoms with Gasteiger partial charge in [0.05, 0.1) is 5.52 Å². The molecule has 0 aliphatic carbocycles. The Labute approximate surface area is 115 Å². The Balaban J connectivity index is 2.73. The minimum Gasteiger partial charge on any atom is -0.476 e. The Hall–Kier alpha value is -1.77. The molecule has 20 heavy (non-hydrogen) atoms. The molecule has 0 amide bonds. The first-order valence-electron chi connectivity index (χ1n) is 5.56. The van der Waals surface area contributed by atoms with E-state index in [1.807, 2.05) is 6.92 Å². The lowest BCUT2D eigenvalue weighted by molar-refractivity contribution is -0.146. The summed E-state index contributed by atoms with van der Waals surface area (Å²) in [6, 6.07) is 1.38. The third-order valence-electron chi connectivity index (χ3n) is 2.59. The van der Waals surface area contributed by atoms with Gasteiger partial charge in [-0.3, -0.25) is 0 Å². The average molecular weight is 305 g/mol. The van der Waals surface area contributed by atoms with E-state index in [9.17, 15) is 18.0 Å². The minimum atomic E-state index is -4.61. The molecule has 0 fully saturated rings. The number of aryl methyl sites for hydroxylation is 1. The summed E-state index contributed by atoms with van der Waals surface area (Å²) in [5.41, 5.74) is -0.355. The van der Waals surface area contributed by atoms with Crippen LogP contribution in [0.25, 0.3) is 11.2 Å². The van der Waals surface area contributed by atoms with Crippen molar-refractivity contribution in [2.75, 3.05) is 5.75 Å². The van der Waals surface area contributed by atoms with Crippen molar-refractivity contribution in [3.8, 4) is 0 Å². The Morgan fingerprint density at radius 1 is 1.45 bits per heavy atom. The maximum Gasteiger partial charge on any atom is 0.449 e. The lowest BCUT2D eigenvalue weighted by Crippen LogP contribution is -2.12. The highest BCUT2D eigenvalue weighted by molar-refractivity contribution is 7.99. The maximum atomic E-state index is 12.8. The molecule has 2 rings (SSSR count). The molecule has 0 radical (unpaired) electrons. The van der Waals surface area contributed by atoms with Crippen molar-refractivity contribution in [3.63, 3.8) is 0 Å². The van der Waals surface area contributed by atoms with Crippen molar-refractivity contribution < 1.29 is 23.1 Å². The zero-order chi connectivity index (χ0) is 15.1. The average Bonchev–Trinajstić information content (AvgIpc) is 2.66. The Morgan fingerprint density at radius 3 is 2.60 bits per heavy atom. The van der Waals surface area contributed by atoms with Gasteiger partial charge in [-0.15, -0.1) is 11.8 Å². The van der Waals surface area contributed by atoms with Gasteiger partial charge < -0.3 is 9.67 Å². The van der Waals surface area contributed by atoms with E-state index >= 15 is 0 Å². The van der Waals surface area contributed by atoms with E-state index in [0.29, 0.717) is 10.6 Å². The third-order valence-corrected chi connectivity index (χ3v) is 3.51. The second-order valence-corrected chi connectivity index (χ2v) is 5.21. The number of alkyl halides is 3. The fourth-order valence-electron chi connectivity index (χ4n) is 1.77. The van der Waals surface area contributed by atoms with Crippen LogP contribution < -0.4 is 0 Å². The fourth-order valence-corrected chi connectivity index (χ4v) is 2.54. The van der Waals surface area contributed by atoms with Crippen molar-refractivity contribution in [1.29, 1.82) is 0 Å². The molecule has 5 nitrogen and oxygen atoms in total. The molecule has 2 heterocycles. The molecule has 108 valence electrons. The second-order valence-electron chi connectivity index (χ2n) is 3.91. The van der Waals surface area contributed by atoms with Crippen molar-refractivity contribution in [1.82, 2.24) is 14.5 Å². The van der Waals surface area contributed by atoms with E-state index < -0.39 is 18.0 Å². The molecule has 0 saturated carbocycles. The molecular weight excluding hydrogens is 295 g/mol. The van der Waals surface area contributed by atoms with E-state index in [1.54, 1.807) is 0 Å². The number of aromatic carboxylic acids is 1. The van der Waals surface area contributed by atoms with Gasteiger partial charge in [0.1, 0.15) is 0 Å². The first-order valence-corrected chi connectivity index (χ1v) is 6.55. The van der Waals surface area contributed by atoms with Crippen molar-refractivity contribution in [3.05, 3.63) is 17.6 Å². The molecule has 9 heteroatoms. The number of aromatic nitrogens is 3. The summed E-state index contributed by atoms with van der Waals surface area (Å²) in [4.78, 5) is 18.5. The summed E-state index contributed by atoms with van der Waals surface area (Å²) >= 11 is 1.20. The number of fused-ring (bicyclic) bond motifs is 1. The Kier molecular flexibility index (Phi) is 3.63. The van der Waals surface area contributed by atoms with Crippen LogP contribution in [0.1, 0.15) is 23.2 Å². The Morgan fingerprint density at radius 2 is 2.10 bits per heavy atom. The molecule has 0 aromatic carbocycles. The van der Waals surface area contributed by atoms with Crippen LogP contribution in [0.15, 0.2) is 11.0 Å². The predicted octanol–water partition coefficient (Wildman–Crippen LogP) is 2.80.